The first-order valence-electron chi connectivity index (χ1n) is 10.9. The summed E-state index contributed by atoms with van der Waals surface area (Å²) < 4.78 is 7.92. The second-order valence-electron chi connectivity index (χ2n) is 8.50. The molecular weight excluding hydrogens is 400 g/mol. The molecule has 1 aromatic carbocycles. The molecule has 1 aliphatic heterocycles. The van der Waals surface area contributed by atoms with Gasteiger partial charge in [0.1, 0.15) is 11.9 Å². The molecule has 7 nitrogen and oxygen atoms in total. The van der Waals surface area contributed by atoms with Gasteiger partial charge in [0.25, 0.3) is 0 Å². The number of hydrogen-bond acceptors (Lipinski definition) is 6. The van der Waals surface area contributed by atoms with Crippen LogP contribution in [0.3, 0.4) is 0 Å². The normalized spacial score (nSPS) is 17.0. The zero-order chi connectivity index (χ0) is 22.1. The minimum Gasteiger partial charge on any atom is -0.369 e. The van der Waals surface area contributed by atoms with Crippen molar-refractivity contribution >= 4 is 16.7 Å². The van der Waals surface area contributed by atoms with Crippen LogP contribution in [0.5, 0.6) is 0 Å². The molecule has 1 aliphatic rings. The molecule has 1 saturated heterocycles. The van der Waals surface area contributed by atoms with Crippen molar-refractivity contribution in [2.45, 2.75) is 12.6 Å². The van der Waals surface area contributed by atoms with Gasteiger partial charge in [-0.1, -0.05) is 24.3 Å². The van der Waals surface area contributed by atoms with Gasteiger partial charge < -0.3 is 9.64 Å². The third kappa shape index (κ3) is 4.22. The Labute approximate surface area is 188 Å². The standard InChI is InChI=1S/C25H28N6O/c1-29(2)25-19(13-18-7-4-5-8-21(18)28-25)16-31-11-12-32-24(17-31)23-10-6-9-22(27-23)20-14-26-30(3)15-20/h4-10,13-15,24H,11-12,16-17H2,1-3H3/t24-/m0/s1. The van der Waals surface area contributed by atoms with Crippen molar-refractivity contribution in [3.8, 4) is 11.3 Å². The van der Waals surface area contributed by atoms with Crippen LogP contribution in [-0.4, -0.2) is 58.4 Å². The summed E-state index contributed by atoms with van der Waals surface area (Å²) in [7, 11) is 6.02. The van der Waals surface area contributed by atoms with Gasteiger partial charge in [-0.2, -0.15) is 5.10 Å². The van der Waals surface area contributed by atoms with Crippen molar-refractivity contribution in [2.75, 3.05) is 38.7 Å². The van der Waals surface area contributed by atoms with Crippen molar-refractivity contribution < 1.29 is 4.74 Å². The zero-order valence-electron chi connectivity index (χ0n) is 18.8. The number of anilines is 1. The van der Waals surface area contributed by atoms with Crippen molar-refractivity contribution in [1.29, 1.82) is 0 Å². The van der Waals surface area contributed by atoms with E-state index in [9.17, 15) is 0 Å². The number of ether oxygens (including phenoxy) is 1. The molecule has 1 fully saturated rings. The Bertz CT molecular complexity index is 1230. The number of aromatic nitrogens is 4. The van der Waals surface area contributed by atoms with Crippen LogP contribution >= 0.6 is 0 Å². The maximum Gasteiger partial charge on any atom is 0.133 e. The second kappa shape index (κ2) is 8.68. The van der Waals surface area contributed by atoms with Crippen LogP contribution in [0.1, 0.15) is 17.4 Å². The van der Waals surface area contributed by atoms with Gasteiger partial charge in [-0.05, 0) is 24.3 Å². The van der Waals surface area contributed by atoms with Gasteiger partial charge in [0.05, 0.1) is 29.7 Å². The van der Waals surface area contributed by atoms with E-state index in [1.165, 1.54) is 10.9 Å². The summed E-state index contributed by atoms with van der Waals surface area (Å²) in [6.45, 7) is 3.19. The SMILES string of the molecule is CN(C)c1nc2ccccc2cc1CN1CCO[C@H](c2cccc(-c3cnn(C)c3)n2)C1. The molecule has 32 heavy (non-hydrogen) atoms. The number of fused-ring (bicyclic) bond motifs is 1. The number of morpholine rings is 1. The number of rotatable bonds is 5. The minimum absolute atomic E-state index is 0.0587. The van der Waals surface area contributed by atoms with Crippen LogP contribution < -0.4 is 4.90 Å². The molecule has 0 saturated carbocycles. The van der Waals surface area contributed by atoms with Crippen molar-refractivity contribution in [3.05, 3.63) is 72.2 Å². The maximum atomic E-state index is 6.12. The lowest BCUT2D eigenvalue weighted by Gasteiger charge is -2.33. The fourth-order valence-electron chi connectivity index (χ4n) is 4.26. The number of hydrogen-bond donors (Lipinski definition) is 0. The van der Waals surface area contributed by atoms with E-state index >= 15 is 0 Å². The van der Waals surface area contributed by atoms with Crippen LogP contribution in [0.2, 0.25) is 0 Å². The summed E-state index contributed by atoms with van der Waals surface area (Å²) in [5.41, 5.74) is 5.15. The Morgan fingerprint density at radius 1 is 1.09 bits per heavy atom. The van der Waals surface area contributed by atoms with Gasteiger partial charge in [-0.25, -0.2) is 9.97 Å². The van der Waals surface area contributed by atoms with Gasteiger partial charge >= 0.3 is 0 Å². The van der Waals surface area contributed by atoms with E-state index in [2.05, 4.69) is 59.3 Å². The monoisotopic (exact) mass is 428 g/mol. The first kappa shape index (κ1) is 20.6. The third-order valence-electron chi connectivity index (χ3n) is 5.85. The van der Waals surface area contributed by atoms with Crippen LogP contribution in [0.4, 0.5) is 5.82 Å². The summed E-state index contributed by atoms with van der Waals surface area (Å²) in [5, 5.41) is 5.44. The van der Waals surface area contributed by atoms with Gasteiger partial charge in [-0.15, -0.1) is 0 Å². The molecule has 0 unspecified atom stereocenters. The van der Waals surface area contributed by atoms with E-state index in [-0.39, 0.29) is 6.10 Å². The van der Waals surface area contributed by atoms with Gasteiger partial charge in [0, 0.05) is 63.5 Å². The highest BCUT2D eigenvalue weighted by Gasteiger charge is 2.24. The largest absolute Gasteiger partial charge is 0.369 e. The average molecular weight is 429 g/mol. The molecule has 5 rings (SSSR count). The fourth-order valence-corrected chi connectivity index (χ4v) is 4.26. The highest BCUT2D eigenvalue weighted by Crippen LogP contribution is 2.28. The Morgan fingerprint density at radius 3 is 2.78 bits per heavy atom. The zero-order valence-corrected chi connectivity index (χ0v) is 18.8. The van der Waals surface area contributed by atoms with Gasteiger partial charge in [0.2, 0.25) is 0 Å². The highest BCUT2D eigenvalue weighted by atomic mass is 16.5. The van der Waals surface area contributed by atoms with Crippen LogP contribution in [-0.2, 0) is 18.3 Å². The van der Waals surface area contributed by atoms with Crippen LogP contribution in [0.25, 0.3) is 22.2 Å². The van der Waals surface area contributed by atoms with E-state index in [4.69, 9.17) is 14.7 Å². The molecule has 0 N–H and O–H groups in total. The molecule has 4 heterocycles. The summed E-state index contributed by atoms with van der Waals surface area (Å²) in [4.78, 5) is 14.3. The number of benzene rings is 1. The maximum absolute atomic E-state index is 6.12. The lowest BCUT2D eigenvalue weighted by molar-refractivity contribution is -0.0349. The summed E-state index contributed by atoms with van der Waals surface area (Å²) in [6, 6.07) is 16.7. The Kier molecular flexibility index (Phi) is 5.59. The second-order valence-corrected chi connectivity index (χ2v) is 8.50. The molecule has 1 atom stereocenters. The van der Waals surface area contributed by atoms with E-state index in [1.54, 1.807) is 4.68 Å². The molecule has 0 bridgehead atoms. The predicted octanol–water partition coefficient (Wildman–Crippen LogP) is 3.67. The van der Waals surface area contributed by atoms with E-state index in [1.807, 2.05) is 37.6 Å². The molecule has 0 spiro atoms. The third-order valence-corrected chi connectivity index (χ3v) is 5.85. The average Bonchev–Trinajstić information content (AvgIpc) is 3.25. The molecule has 164 valence electrons. The first-order chi connectivity index (χ1) is 15.6. The minimum atomic E-state index is -0.0587. The Hall–Kier alpha value is -3.29. The van der Waals surface area contributed by atoms with E-state index < -0.39 is 0 Å². The topological polar surface area (TPSA) is 59.3 Å². The molecule has 0 radical (unpaired) electrons. The Balaban J connectivity index is 1.38. The number of aryl methyl sites for hydroxylation is 1. The summed E-state index contributed by atoms with van der Waals surface area (Å²) in [5.74, 6) is 1.02. The number of nitrogens with zero attached hydrogens (tertiary/aromatic N) is 6. The highest BCUT2D eigenvalue weighted by molar-refractivity contribution is 5.81. The fraction of sp³-hybridized carbons (Fsp3) is 0.320. The number of pyridine rings is 2. The summed E-state index contributed by atoms with van der Waals surface area (Å²) >= 11 is 0. The smallest absolute Gasteiger partial charge is 0.133 e. The Morgan fingerprint density at radius 2 is 1.97 bits per heavy atom. The van der Waals surface area contributed by atoms with Crippen molar-refractivity contribution in [3.63, 3.8) is 0 Å². The molecule has 3 aromatic heterocycles. The quantitative estimate of drug-likeness (QED) is 0.483. The van der Waals surface area contributed by atoms with Gasteiger partial charge in [0.15, 0.2) is 0 Å². The summed E-state index contributed by atoms with van der Waals surface area (Å²) in [6.07, 6.45) is 3.77. The molecule has 0 aliphatic carbocycles. The molecule has 4 aromatic rings. The van der Waals surface area contributed by atoms with Crippen LogP contribution in [0.15, 0.2) is 60.9 Å². The van der Waals surface area contributed by atoms with Crippen LogP contribution in [0, 0.1) is 0 Å². The van der Waals surface area contributed by atoms with E-state index in [0.29, 0.717) is 6.61 Å². The predicted molar refractivity (Wildman–Crippen MR) is 126 cm³/mol. The van der Waals surface area contributed by atoms with Gasteiger partial charge in [-0.3, -0.25) is 9.58 Å². The van der Waals surface area contributed by atoms with Crippen molar-refractivity contribution in [2.24, 2.45) is 7.05 Å². The van der Waals surface area contributed by atoms with Crippen molar-refractivity contribution in [1.82, 2.24) is 24.6 Å². The lowest BCUT2D eigenvalue weighted by Crippen LogP contribution is -2.38. The molecular formula is C25H28N6O. The lowest BCUT2D eigenvalue weighted by atomic mass is 10.1. The first-order valence-corrected chi connectivity index (χ1v) is 10.9. The molecule has 7 heteroatoms. The van der Waals surface area contributed by atoms with E-state index in [0.717, 1.165) is 47.9 Å². The number of para-hydroxylation sites is 1. The molecule has 0 amide bonds.